The van der Waals surface area contributed by atoms with Crippen molar-refractivity contribution >= 4 is 23.4 Å². The minimum atomic E-state index is -0.317. The molecule has 2 N–H and O–H groups in total. The van der Waals surface area contributed by atoms with Crippen LogP contribution >= 0.6 is 11.8 Å². The van der Waals surface area contributed by atoms with E-state index < -0.39 is 0 Å². The van der Waals surface area contributed by atoms with Crippen LogP contribution in [0.2, 0.25) is 0 Å². The van der Waals surface area contributed by atoms with E-state index in [0.717, 1.165) is 35.3 Å². The molecule has 0 radical (unpaired) electrons. The van der Waals surface area contributed by atoms with E-state index in [9.17, 15) is 9.90 Å². The van der Waals surface area contributed by atoms with Crippen LogP contribution in [0.15, 0.2) is 40.9 Å². The summed E-state index contributed by atoms with van der Waals surface area (Å²) in [6.45, 7) is 15.9. The van der Waals surface area contributed by atoms with Crippen LogP contribution in [0.5, 0.6) is 11.5 Å². The predicted molar refractivity (Wildman–Crippen MR) is 159 cm³/mol. The van der Waals surface area contributed by atoms with Gasteiger partial charge in [0.25, 0.3) is 0 Å². The number of benzene rings is 2. The number of halogens is 1. The highest BCUT2D eigenvalue weighted by atomic mass is 35.5. The van der Waals surface area contributed by atoms with Crippen molar-refractivity contribution in [2.24, 2.45) is 10.4 Å². The lowest BCUT2D eigenvalue weighted by Gasteiger charge is -2.28. The lowest BCUT2D eigenvalue weighted by atomic mass is 9.78. The molecule has 0 spiro atoms. The van der Waals surface area contributed by atoms with Gasteiger partial charge in [-0.05, 0) is 53.0 Å². The van der Waals surface area contributed by atoms with E-state index in [1.807, 2.05) is 82.8 Å². The van der Waals surface area contributed by atoms with E-state index in [1.54, 1.807) is 0 Å². The lowest BCUT2D eigenvalue weighted by molar-refractivity contribution is 0.0963. The second kappa shape index (κ2) is 12.7. The molecule has 0 aromatic heterocycles. The van der Waals surface area contributed by atoms with Gasteiger partial charge < -0.3 is 19.8 Å². The smallest absolute Gasteiger partial charge is 0.182 e. The number of amidine groups is 1. The summed E-state index contributed by atoms with van der Waals surface area (Å²) >= 11 is 6.20. The second-order valence-electron chi connectivity index (χ2n) is 12.7. The Bertz CT molecular complexity index is 1130. The van der Waals surface area contributed by atoms with Gasteiger partial charge >= 0.3 is 0 Å². The molecule has 2 atom stereocenters. The number of likely N-dealkylation sites (tertiary alicyclic amines) is 1. The van der Waals surface area contributed by atoms with E-state index in [4.69, 9.17) is 21.6 Å². The molecular formula is C32H45ClN2O4. The molecule has 0 saturated carbocycles. The number of phenolic OH excluding ortho intramolecular Hbond substituents is 1. The summed E-state index contributed by atoms with van der Waals surface area (Å²) in [7, 11) is 0. The number of hydrogen-bond acceptors (Lipinski definition) is 5. The van der Waals surface area contributed by atoms with Crippen LogP contribution in [0.25, 0.3) is 0 Å². The van der Waals surface area contributed by atoms with E-state index >= 15 is 0 Å². The van der Waals surface area contributed by atoms with Crippen molar-refractivity contribution in [3.05, 3.63) is 58.7 Å². The monoisotopic (exact) mass is 556 g/mol. The number of rotatable bonds is 10. The third-order valence-corrected chi connectivity index (χ3v) is 7.64. The number of ether oxygens (including phenoxy) is 1. The maximum Gasteiger partial charge on any atom is 0.182 e. The van der Waals surface area contributed by atoms with Crippen molar-refractivity contribution in [1.29, 1.82) is 0 Å². The van der Waals surface area contributed by atoms with Crippen molar-refractivity contribution in [1.82, 2.24) is 4.90 Å². The van der Waals surface area contributed by atoms with Crippen LogP contribution < -0.4 is 4.74 Å². The number of aromatic hydroxyl groups is 1. The Morgan fingerprint density at radius 3 is 2.15 bits per heavy atom. The summed E-state index contributed by atoms with van der Waals surface area (Å²) in [4.78, 5) is 15.8. The van der Waals surface area contributed by atoms with E-state index in [-0.39, 0.29) is 47.4 Å². The van der Waals surface area contributed by atoms with E-state index in [1.165, 1.54) is 0 Å². The lowest BCUT2D eigenvalue weighted by Crippen LogP contribution is -2.32. The molecule has 1 aliphatic rings. The molecule has 39 heavy (non-hydrogen) atoms. The Hall–Kier alpha value is -2.57. The van der Waals surface area contributed by atoms with Gasteiger partial charge in [0, 0.05) is 54.0 Å². The summed E-state index contributed by atoms with van der Waals surface area (Å²) in [6, 6.07) is 11.6. The third kappa shape index (κ3) is 7.34. The number of nitrogens with zero attached hydrogens (tertiary/aromatic N) is 2. The quantitative estimate of drug-likeness (QED) is 0.243. The van der Waals surface area contributed by atoms with Gasteiger partial charge in [-0.2, -0.15) is 4.51 Å². The summed E-state index contributed by atoms with van der Waals surface area (Å²) < 4.78 is 9.88. The Morgan fingerprint density at radius 1 is 1.08 bits per heavy atom. The SMILES string of the molecule is CCC[C@H]1CN(CC(=O)c2cc(C(C)(C)C)c(O)c(C(C)(C)C)c2)/C(=N\Cl)[C@@H]1c1ccc(OCCCO)cc1. The molecular weight excluding hydrogens is 512 g/mol. The van der Waals surface area contributed by atoms with Gasteiger partial charge in [-0.25, -0.2) is 0 Å². The molecule has 0 amide bonds. The van der Waals surface area contributed by atoms with E-state index in [0.29, 0.717) is 31.0 Å². The fourth-order valence-electron chi connectivity index (χ4n) is 5.42. The summed E-state index contributed by atoms with van der Waals surface area (Å²) in [5.74, 6) is 1.97. The Kier molecular flexibility index (Phi) is 10.1. The highest BCUT2D eigenvalue weighted by molar-refractivity contribution is 6.21. The number of aliphatic hydroxyl groups excluding tert-OH is 1. The molecule has 0 bridgehead atoms. The summed E-state index contributed by atoms with van der Waals surface area (Å²) in [6.07, 6.45) is 2.59. The zero-order valence-electron chi connectivity index (χ0n) is 24.6. The molecule has 7 heteroatoms. The van der Waals surface area contributed by atoms with Crippen LogP contribution in [-0.4, -0.2) is 53.0 Å². The molecule has 3 rings (SSSR count). The molecule has 6 nitrogen and oxygen atoms in total. The van der Waals surface area contributed by atoms with Gasteiger partial charge in [0.05, 0.1) is 13.2 Å². The predicted octanol–water partition coefficient (Wildman–Crippen LogP) is 7.00. The van der Waals surface area contributed by atoms with Crippen molar-refractivity contribution in [2.45, 2.75) is 84.5 Å². The maximum absolute atomic E-state index is 13.8. The fraction of sp³-hybridized carbons (Fsp3) is 0.562. The third-order valence-electron chi connectivity index (χ3n) is 7.47. The fourth-order valence-corrected chi connectivity index (χ4v) is 5.63. The Labute approximate surface area is 239 Å². The Morgan fingerprint density at radius 2 is 1.67 bits per heavy atom. The highest BCUT2D eigenvalue weighted by Crippen LogP contribution is 2.41. The second-order valence-corrected chi connectivity index (χ2v) is 12.9. The molecule has 0 aliphatic carbocycles. The van der Waals surface area contributed by atoms with Crippen molar-refractivity contribution in [2.75, 3.05) is 26.3 Å². The topological polar surface area (TPSA) is 82.4 Å². The normalized spacial score (nSPS) is 19.1. The van der Waals surface area contributed by atoms with E-state index in [2.05, 4.69) is 11.4 Å². The van der Waals surface area contributed by atoms with Crippen LogP contribution in [0.4, 0.5) is 0 Å². The van der Waals surface area contributed by atoms with Gasteiger partial charge in [0.15, 0.2) is 5.78 Å². The number of Topliss-reactive ketones (excluding diaryl/α,β-unsaturated/α-hetero) is 1. The standard InChI is InChI=1S/C32H45ClN2O4/c1-8-10-22-19-35(30(34-33)28(22)21-11-13-24(14-12-21)39-16-9-15-36)20-27(37)23-17-25(31(2,3)4)29(38)26(18-23)32(5,6)7/h11-14,17-18,22,28,36,38H,8-10,15-16,19-20H2,1-7H3/b34-30-/t22-,28+/m0/s1. The first-order valence-electron chi connectivity index (χ1n) is 14.0. The van der Waals surface area contributed by atoms with Crippen LogP contribution in [-0.2, 0) is 10.8 Å². The molecule has 2 aromatic rings. The molecule has 2 aromatic carbocycles. The number of phenols is 1. The number of aliphatic hydroxyl groups is 1. The minimum Gasteiger partial charge on any atom is -0.507 e. The maximum atomic E-state index is 13.8. The van der Waals surface area contributed by atoms with Crippen LogP contribution in [0, 0.1) is 5.92 Å². The van der Waals surface area contributed by atoms with Crippen molar-refractivity contribution in [3.63, 3.8) is 0 Å². The van der Waals surface area contributed by atoms with Crippen molar-refractivity contribution in [3.8, 4) is 11.5 Å². The van der Waals surface area contributed by atoms with Gasteiger partial charge in [0.1, 0.15) is 17.3 Å². The van der Waals surface area contributed by atoms with Crippen molar-refractivity contribution < 1.29 is 19.7 Å². The van der Waals surface area contributed by atoms with Crippen LogP contribution in [0.1, 0.15) is 101 Å². The van der Waals surface area contributed by atoms with Gasteiger partial charge in [-0.1, -0.05) is 67.0 Å². The summed E-state index contributed by atoms with van der Waals surface area (Å²) in [5.41, 5.74) is 2.59. The zero-order valence-corrected chi connectivity index (χ0v) is 25.3. The molecule has 1 saturated heterocycles. The first kappa shape index (κ1) is 31.0. The van der Waals surface area contributed by atoms with Crippen LogP contribution in [0.3, 0.4) is 0 Å². The molecule has 1 fully saturated rings. The molecule has 1 heterocycles. The molecule has 1 aliphatic heterocycles. The molecule has 214 valence electrons. The highest BCUT2D eigenvalue weighted by Gasteiger charge is 2.40. The zero-order chi connectivity index (χ0) is 29.0. The van der Waals surface area contributed by atoms with Gasteiger partial charge in [-0.3, -0.25) is 4.79 Å². The number of ketones is 1. The summed E-state index contributed by atoms with van der Waals surface area (Å²) in [5, 5.41) is 20.1. The average Bonchev–Trinajstić information content (AvgIpc) is 3.20. The average molecular weight is 557 g/mol. The van der Waals surface area contributed by atoms with Gasteiger partial charge in [0.2, 0.25) is 0 Å². The first-order chi connectivity index (χ1) is 18.3. The Balaban J connectivity index is 1.91. The van der Waals surface area contributed by atoms with Gasteiger partial charge in [-0.15, -0.1) is 0 Å². The largest absolute Gasteiger partial charge is 0.507 e. The minimum absolute atomic E-state index is 0.0168. The first-order valence-corrected chi connectivity index (χ1v) is 14.3. The molecule has 0 unspecified atom stereocenters. The number of hydrogen-bond donors (Lipinski definition) is 2. The number of carbonyl (C=O) groups excluding carboxylic acids is 1. The number of carbonyl (C=O) groups is 1.